The molecule has 1 aromatic heterocycles. The van der Waals surface area contributed by atoms with Gasteiger partial charge in [-0.1, -0.05) is 36.0 Å². The molecule has 3 aromatic rings. The second kappa shape index (κ2) is 9.60. The van der Waals surface area contributed by atoms with E-state index in [1.807, 2.05) is 60.9 Å². The van der Waals surface area contributed by atoms with E-state index in [-0.39, 0.29) is 11.2 Å². The van der Waals surface area contributed by atoms with Gasteiger partial charge in [-0.3, -0.25) is 4.79 Å². The van der Waals surface area contributed by atoms with E-state index < -0.39 is 0 Å². The van der Waals surface area contributed by atoms with Gasteiger partial charge in [-0.05, 0) is 57.5 Å². The van der Waals surface area contributed by atoms with E-state index in [1.165, 1.54) is 11.8 Å². The van der Waals surface area contributed by atoms with Crippen LogP contribution in [0.2, 0.25) is 0 Å². The second-order valence-electron chi connectivity index (χ2n) is 6.57. The van der Waals surface area contributed by atoms with E-state index in [4.69, 9.17) is 4.74 Å². The molecule has 152 valence electrons. The summed E-state index contributed by atoms with van der Waals surface area (Å²) < 4.78 is 7.48. The molecular formula is C22H26N4O2S. The van der Waals surface area contributed by atoms with Crippen LogP contribution in [0.1, 0.15) is 26.3 Å². The fourth-order valence-corrected chi connectivity index (χ4v) is 3.85. The van der Waals surface area contributed by atoms with Crippen LogP contribution < -0.4 is 10.1 Å². The molecule has 0 aliphatic heterocycles. The summed E-state index contributed by atoms with van der Waals surface area (Å²) in [6.45, 7) is 9.27. The topological polar surface area (TPSA) is 69.0 Å². The average Bonchev–Trinajstić information content (AvgIpc) is 3.12. The van der Waals surface area contributed by atoms with Crippen molar-refractivity contribution in [3.63, 3.8) is 0 Å². The van der Waals surface area contributed by atoms with Gasteiger partial charge in [0.05, 0.1) is 11.9 Å². The highest BCUT2D eigenvalue weighted by Crippen LogP contribution is 2.29. The third-order valence-electron chi connectivity index (χ3n) is 4.50. The highest BCUT2D eigenvalue weighted by Gasteiger charge is 2.21. The number of nitrogens with zero attached hydrogens (tertiary/aromatic N) is 3. The molecular weight excluding hydrogens is 384 g/mol. The molecule has 1 N–H and O–H groups in total. The number of benzene rings is 2. The molecule has 0 aliphatic carbocycles. The Morgan fingerprint density at radius 2 is 1.86 bits per heavy atom. The smallest absolute Gasteiger partial charge is 0.237 e. The molecule has 0 unspecified atom stereocenters. The lowest BCUT2D eigenvalue weighted by molar-refractivity contribution is -0.115. The molecule has 3 rings (SSSR count). The summed E-state index contributed by atoms with van der Waals surface area (Å²) in [7, 11) is 0. The number of ether oxygens (including phenoxy) is 1. The van der Waals surface area contributed by atoms with Crippen LogP contribution in [0.15, 0.2) is 53.7 Å². The van der Waals surface area contributed by atoms with E-state index in [2.05, 4.69) is 35.4 Å². The van der Waals surface area contributed by atoms with Crippen molar-refractivity contribution in [3.05, 3.63) is 54.1 Å². The Labute approximate surface area is 175 Å². The Morgan fingerprint density at radius 1 is 1.14 bits per heavy atom. The molecule has 0 saturated heterocycles. The normalized spacial score (nSPS) is 11.9. The van der Waals surface area contributed by atoms with E-state index in [0.29, 0.717) is 6.61 Å². The summed E-state index contributed by atoms with van der Waals surface area (Å²) in [4.78, 5) is 12.6. The number of hydrogen-bond acceptors (Lipinski definition) is 5. The molecule has 1 atom stereocenters. The molecule has 29 heavy (non-hydrogen) atoms. The second-order valence-corrected chi connectivity index (χ2v) is 7.88. The van der Waals surface area contributed by atoms with Gasteiger partial charge >= 0.3 is 0 Å². The van der Waals surface area contributed by atoms with Crippen molar-refractivity contribution in [1.82, 2.24) is 14.8 Å². The summed E-state index contributed by atoms with van der Waals surface area (Å²) in [6.07, 6.45) is 0. The predicted molar refractivity (Wildman–Crippen MR) is 117 cm³/mol. The number of aromatic nitrogens is 3. The molecule has 7 heteroatoms. The Hall–Kier alpha value is -2.80. The summed E-state index contributed by atoms with van der Waals surface area (Å²) >= 11 is 1.41. The number of carbonyl (C=O) groups excluding carboxylic acids is 1. The fraction of sp³-hybridized carbons (Fsp3) is 0.318. The largest absolute Gasteiger partial charge is 0.494 e. The van der Waals surface area contributed by atoms with Gasteiger partial charge < -0.3 is 14.6 Å². The van der Waals surface area contributed by atoms with E-state index in [0.717, 1.165) is 40.1 Å². The van der Waals surface area contributed by atoms with Crippen LogP contribution in [-0.4, -0.2) is 32.5 Å². The number of hydrogen-bond donors (Lipinski definition) is 1. The van der Waals surface area contributed by atoms with Crippen molar-refractivity contribution in [3.8, 4) is 17.1 Å². The lowest BCUT2D eigenvalue weighted by atomic mass is 10.1. The number of amides is 1. The van der Waals surface area contributed by atoms with Gasteiger partial charge in [0.2, 0.25) is 5.91 Å². The van der Waals surface area contributed by atoms with Crippen LogP contribution in [0.4, 0.5) is 5.69 Å². The van der Waals surface area contributed by atoms with Gasteiger partial charge in [0, 0.05) is 17.8 Å². The average molecular weight is 411 g/mol. The zero-order valence-corrected chi connectivity index (χ0v) is 18.0. The molecule has 0 spiro atoms. The van der Waals surface area contributed by atoms with Crippen LogP contribution in [-0.2, 0) is 11.3 Å². The monoisotopic (exact) mass is 410 g/mol. The van der Waals surface area contributed by atoms with Crippen molar-refractivity contribution in [1.29, 1.82) is 0 Å². The predicted octanol–water partition coefficient (Wildman–Crippen LogP) is 4.79. The lowest BCUT2D eigenvalue weighted by Gasteiger charge is -2.13. The van der Waals surface area contributed by atoms with Gasteiger partial charge in [-0.25, -0.2) is 0 Å². The Kier molecular flexibility index (Phi) is 6.93. The van der Waals surface area contributed by atoms with Crippen molar-refractivity contribution in [2.75, 3.05) is 11.9 Å². The molecule has 1 amide bonds. The number of aryl methyl sites for hydroxylation is 1. The van der Waals surface area contributed by atoms with E-state index >= 15 is 0 Å². The number of nitrogens with one attached hydrogen (secondary N) is 1. The standard InChI is InChI=1S/C22H26N4O2S/c1-5-26-20(19-10-8-7-9-15(19)3)24-25-22(26)29-16(4)21(27)23-17-11-13-18(14-12-17)28-6-2/h7-14,16H,5-6H2,1-4H3,(H,23,27)/t16-/m0/s1. The molecule has 0 saturated carbocycles. The van der Waals surface area contributed by atoms with E-state index in [9.17, 15) is 4.79 Å². The molecule has 0 fully saturated rings. The van der Waals surface area contributed by atoms with Gasteiger partial charge in [-0.15, -0.1) is 10.2 Å². The number of rotatable bonds is 8. The first kappa shape index (κ1) is 20.9. The summed E-state index contributed by atoms with van der Waals surface area (Å²) in [6, 6.07) is 15.5. The lowest BCUT2D eigenvalue weighted by Crippen LogP contribution is -2.22. The Morgan fingerprint density at radius 3 is 2.52 bits per heavy atom. The Bertz CT molecular complexity index is 969. The minimum Gasteiger partial charge on any atom is -0.494 e. The van der Waals surface area contributed by atoms with Crippen molar-refractivity contribution < 1.29 is 9.53 Å². The quantitative estimate of drug-likeness (QED) is 0.541. The summed E-state index contributed by atoms with van der Waals surface area (Å²) in [5.74, 6) is 1.53. The van der Waals surface area contributed by atoms with Crippen LogP contribution in [0, 0.1) is 6.92 Å². The van der Waals surface area contributed by atoms with Gasteiger partial charge in [0.1, 0.15) is 5.75 Å². The molecule has 2 aromatic carbocycles. The first-order valence-corrected chi connectivity index (χ1v) is 10.6. The van der Waals surface area contributed by atoms with Crippen LogP contribution in [0.5, 0.6) is 5.75 Å². The SMILES string of the molecule is CCOc1ccc(NC(=O)[C@H](C)Sc2nnc(-c3ccccc3C)n2CC)cc1. The molecule has 0 bridgehead atoms. The summed E-state index contributed by atoms with van der Waals surface area (Å²) in [5.41, 5.74) is 2.94. The molecule has 0 aliphatic rings. The van der Waals surface area contributed by atoms with Crippen molar-refractivity contribution >= 4 is 23.4 Å². The van der Waals surface area contributed by atoms with Crippen LogP contribution in [0.3, 0.4) is 0 Å². The third-order valence-corrected chi connectivity index (χ3v) is 5.58. The zero-order chi connectivity index (χ0) is 20.8. The summed E-state index contributed by atoms with van der Waals surface area (Å²) in [5, 5.41) is 12.1. The maximum absolute atomic E-state index is 12.6. The fourth-order valence-electron chi connectivity index (χ4n) is 2.94. The number of carbonyl (C=O) groups is 1. The minimum absolute atomic E-state index is 0.0812. The highest BCUT2D eigenvalue weighted by atomic mass is 32.2. The maximum atomic E-state index is 12.6. The van der Waals surface area contributed by atoms with Crippen LogP contribution >= 0.6 is 11.8 Å². The first-order chi connectivity index (χ1) is 14.0. The maximum Gasteiger partial charge on any atom is 0.237 e. The van der Waals surface area contributed by atoms with Crippen molar-refractivity contribution in [2.45, 2.75) is 44.6 Å². The van der Waals surface area contributed by atoms with Gasteiger partial charge in [-0.2, -0.15) is 0 Å². The van der Waals surface area contributed by atoms with Gasteiger partial charge in [0.15, 0.2) is 11.0 Å². The Balaban J connectivity index is 1.71. The molecule has 1 heterocycles. The minimum atomic E-state index is -0.319. The molecule has 6 nitrogen and oxygen atoms in total. The number of anilines is 1. The van der Waals surface area contributed by atoms with Crippen LogP contribution in [0.25, 0.3) is 11.4 Å². The third kappa shape index (κ3) is 4.98. The highest BCUT2D eigenvalue weighted by molar-refractivity contribution is 8.00. The number of thioether (sulfide) groups is 1. The first-order valence-electron chi connectivity index (χ1n) is 9.73. The molecule has 0 radical (unpaired) electrons. The van der Waals surface area contributed by atoms with E-state index in [1.54, 1.807) is 0 Å². The van der Waals surface area contributed by atoms with Gasteiger partial charge in [0.25, 0.3) is 0 Å². The zero-order valence-electron chi connectivity index (χ0n) is 17.2. The van der Waals surface area contributed by atoms with Crippen molar-refractivity contribution in [2.24, 2.45) is 0 Å².